The van der Waals surface area contributed by atoms with E-state index in [0.29, 0.717) is 6.42 Å². The number of halogens is 1. The number of nitrogens with one attached hydrogen (secondary N) is 1. The maximum absolute atomic E-state index is 12.9. The summed E-state index contributed by atoms with van der Waals surface area (Å²) < 4.78 is 12.9. The summed E-state index contributed by atoms with van der Waals surface area (Å²) in [6.07, 6.45) is 4.54. The van der Waals surface area contributed by atoms with Crippen LogP contribution in [-0.2, 0) is 19.3 Å². The smallest absolute Gasteiger partial charge is 0.132 e. The van der Waals surface area contributed by atoms with Gasteiger partial charge in [0.05, 0.1) is 0 Å². The van der Waals surface area contributed by atoms with E-state index >= 15 is 0 Å². The maximum atomic E-state index is 12.9. The van der Waals surface area contributed by atoms with E-state index in [1.807, 2.05) is 6.20 Å². The van der Waals surface area contributed by atoms with E-state index in [0.717, 1.165) is 43.0 Å². The van der Waals surface area contributed by atoms with E-state index in [4.69, 9.17) is 0 Å². The fourth-order valence-corrected chi connectivity index (χ4v) is 2.33. The van der Waals surface area contributed by atoms with Gasteiger partial charge in [-0.2, -0.15) is 0 Å². The lowest BCUT2D eigenvalue weighted by molar-refractivity contribution is 0.627. The number of rotatable bonds is 2. The fourth-order valence-electron chi connectivity index (χ4n) is 2.33. The lowest BCUT2D eigenvalue weighted by Crippen LogP contribution is -2.16. The van der Waals surface area contributed by atoms with Crippen molar-refractivity contribution in [2.24, 2.45) is 0 Å². The first-order valence-electron chi connectivity index (χ1n) is 6.60. The van der Waals surface area contributed by atoms with E-state index in [1.54, 1.807) is 12.1 Å². The third-order valence-electron chi connectivity index (χ3n) is 3.39. The summed E-state index contributed by atoms with van der Waals surface area (Å²) in [6.45, 7) is 1.97. The third kappa shape index (κ3) is 2.96. The van der Waals surface area contributed by atoms with Crippen LogP contribution in [0.25, 0.3) is 0 Å². The van der Waals surface area contributed by atoms with Crippen LogP contribution in [-0.4, -0.2) is 23.1 Å². The van der Waals surface area contributed by atoms with Crippen molar-refractivity contribution in [2.45, 2.75) is 19.3 Å². The minimum absolute atomic E-state index is 0.210. The first-order valence-corrected chi connectivity index (χ1v) is 6.60. The van der Waals surface area contributed by atoms with Gasteiger partial charge in [0.1, 0.15) is 11.6 Å². The Balaban J connectivity index is 1.81. The van der Waals surface area contributed by atoms with Crippen molar-refractivity contribution in [3.05, 3.63) is 58.9 Å². The Morgan fingerprint density at radius 1 is 1.11 bits per heavy atom. The molecule has 0 amide bonds. The highest BCUT2D eigenvalue weighted by molar-refractivity contribution is 5.24. The molecular formula is C15H16FN3. The molecule has 0 saturated heterocycles. The molecule has 0 spiro atoms. The zero-order valence-corrected chi connectivity index (χ0v) is 10.7. The molecule has 3 nitrogen and oxygen atoms in total. The molecule has 1 aliphatic heterocycles. The van der Waals surface area contributed by atoms with Crippen LogP contribution in [0.4, 0.5) is 4.39 Å². The molecule has 0 bridgehead atoms. The van der Waals surface area contributed by atoms with Gasteiger partial charge in [-0.3, -0.25) is 0 Å². The van der Waals surface area contributed by atoms with E-state index in [2.05, 4.69) is 15.3 Å². The zero-order valence-electron chi connectivity index (χ0n) is 10.7. The number of fused-ring (bicyclic) bond motifs is 1. The van der Waals surface area contributed by atoms with Crippen molar-refractivity contribution < 1.29 is 4.39 Å². The highest BCUT2D eigenvalue weighted by Crippen LogP contribution is 2.12. The Morgan fingerprint density at radius 3 is 2.74 bits per heavy atom. The topological polar surface area (TPSA) is 37.8 Å². The molecule has 19 heavy (non-hydrogen) atoms. The molecule has 1 aromatic carbocycles. The molecule has 1 N–H and O–H groups in total. The molecule has 1 aliphatic rings. The maximum Gasteiger partial charge on any atom is 0.132 e. The monoisotopic (exact) mass is 257 g/mol. The molecule has 0 aliphatic carbocycles. The van der Waals surface area contributed by atoms with Gasteiger partial charge in [-0.05, 0) is 36.2 Å². The number of aromatic nitrogens is 2. The number of hydrogen-bond acceptors (Lipinski definition) is 3. The molecule has 0 saturated carbocycles. The lowest BCUT2D eigenvalue weighted by atomic mass is 10.1. The second-order valence-electron chi connectivity index (χ2n) is 4.81. The molecule has 2 heterocycles. The van der Waals surface area contributed by atoms with E-state index in [9.17, 15) is 4.39 Å². The van der Waals surface area contributed by atoms with Crippen LogP contribution >= 0.6 is 0 Å². The normalized spacial score (nSPS) is 14.8. The second-order valence-corrected chi connectivity index (χ2v) is 4.81. The molecule has 3 rings (SSSR count). The quantitative estimate of drug-likeness (QED) is 0.893. The minimum atomic E-state index is -0.210. The first kappa shape index (κ1) is 12.2. The van der Waals surface area contributed by atoms with Crippen LogP contribution < -0.4 is 5.32 Å². The van der Waals surface area contributed by atoms with Crippen LogP contribution in [0.1, 0.15) is 22.6 Å². The molecule has 0 unspecified atom stereocenters. The summed E-state index contributed by atoms with van der Waals surface area (Å²) in [7, 11) is 0. The van der Waals surface area contributed by atoms with Gasteiger partial charge in [-0.25, -0.2) is 14.4 Å². The van der Waals surface area contributed by atoms with Gasteiger partial charge in [0.25, 0.3) is 0 Å². The summed E-state index contributed by atoms with van der Waals surface area (Å²) in [6, 6.07) is 6.52. The Labute approximate surface area is 111 Å². The third-order valence-corrected chi connectivity index (χ3v) is 3.39. The van der Waals surface area contributed by atoms with Crippen LogP contribution in [0.15, 0.2) is 30.5 Å². The molecule has 98 valence electrons. The minimum Gasteiger partial charge on any atom is -0.316 e. The molecular weight excluding hydrogens is 241 g/mol. The average molecular weight is 257 g/mol. The van der Waals surface area contributed by atoms with Gasteiger partial charge < -0.3 is 5.32 Å². The van der Waals surface area contributed by atoms with Crippen molar-refractivity contribution >= 4 is 0 Å². The molecule has 0 fully saturated rings. The van der Waals surface area contributed by atoms with Crippen molar-refractivity contribution in [3.63, 3.8) is 0 Å². The van der Waals surface area contributed by atoms with E-state index < -0.39 is 0 Å². The molecule has 2 aromatic rings. The van der Waals surface area contributed by atoms with Crippen molar-refractivity contribution in [1.82, 2.24) is 15.3 Å². The van der Waals surface area contributed by atoms with Crippen molar-refractivity contribution in [2.75, 3.05) is 13.1 Å². The average Bonchev–Trinajstić information content (AvgIpc) is 2.66. The first-order chi connectivity index (χ1) is 9.31. The second kappa shape index (κ2) is 5.45. The van der Waals surface area contributed by atoms with Gasteiger partial charge in [0, 0.05) is 31.3 Å². The van der Waals surface area contributed by atoms with Gasteiger partial charge in [-0.15, -0.1) is 0 Å². The Bertz CT molecular complexity index is 566. The van der Waals surface area contributed by atoms with Gasteiger partial charge >= 0.3 is 0 Å². The Morgan fingerprint density at radius 2 is 1.89 bits per heavy atom. The van der Waals surface area contributed by atoms with Gasteiger partial charge in [0.15, 0.2) is 0 Å². The fraction of sp³-hybridized carbons (Fsp3) is 0.333. The predicted molar refractivity (Wildman–Crippen MR) is 71.5 cm³/mol. The van der Waals surface area contributed by atoms with Crippen LogP contribution in [0.2, 0.25) is 0 Å². The largest absolute Gasteiger partial charge is 0.316 e. The lowest BCUT2D eigenvalue weighted by Gasteiger charge is -2.06. The van der Waals surface area contributed by atoms with Crippen LogP contribution in [0, 0.1) is 5.82 Å². The SMILES string of the molecule is Fc1ccc(Cc2ncc3c(n2)CCNCC3)cc1. The van der Waals surface area contributed by atoms with Crippen molar-refractivity contribution in [1.29, 1.82) is 0 Å². The number of hydrogen-bond donors (Lipinski definition) is 1. The summed E-state index contributed by atoms with van der Waals surface area (Å²) in [5.41, 5.74) is 3.43. The molecule has 0 radical (unpaired) electrons. The van der Waals surface area contributed by atoms with E-state index in [-0.39, 0.29) is 5.82 Å². The summed E-state index contributed by atoms with van der Waals surface area (Å²) in [5, 5.41) is 3.36. The van der Waals surface area contributed by atoms with Crippen molar-refractivity contribution in [3.8, 4) is 0 Å². The van der Waals surface area contributed by atoms with E-state index in [1.165, 1.54) is 17.7 Å². The summed E-state index contributed by atoms with van der Waals surface area (Å²) >= 11 is 0. The van der Waals surface area contributed by atoms with Gasteiger partial charge in [-0.1, -0.05) is 12.1 Å². The predicted octanol–water partition coefficient (Wildman–Crippen LogP) is 1.89. The van der Waals surface area contributed by atoms with Crippen LogP contribution in [0.3, 0.4) is 0 Å². The summed E-state index contributed by atoms with van der Waals surface area (Å²) in [4.78, 5) is 9.06. The highest BCUT2D eigenvalue weighted by atomic mass is 19.1. The van der Waals surface area contributed by atoms with Crippen LogP contribution in [0.5, 0.6) is 0 Å². The number of nitrogens with zero attached hydrogens (tertiary/aromatic N) is 2. The zero-order chi connectivity index (χ0) is 13.1. The Kier molecular flexibility index (Phi) is 3.51. The van der Waals surface area contributed by atoms with Gasteiger partial charge in [0.2, 0.25) is 0 Å². The molecule has 4 heteroatoms. The molecule has 1 aromatic heterocycles. The standard InChI is InChI=1S/C15H16FN3/c16-13-3-1-11(2-4-13)9-15-18-10-12-5-7-17-8-6-14(12)19-15/h1-4,10,17H,5-9H2. The molecule has 0 atom stereocenters. The Hall–Kier alpha value is -1.81. The number of benzene rings is 1. The summed E-state index contributed by atoms with van der Waals surface area (Å²) in [5.74, 6) is 0.602. The highest BCUT2D eigenvalue weighted by Gasteiger charge is 2.10.